The summed E-state index contributed by atoms with van der Waals surface area (Å²) in [6.07, 6.45) is 5.10. The molecule has 0 radical (unpaired) electrons. The number of amides is 2. The molecule has 1 spiro atoms. The van der Waals surface area contributed by atoms with Crippen LogP contribution in [0.3, 0.4) is 0 Å². The van der Waals surface area contributed by atoms with Crippen LogP contribution in [-0.4, -0.2) is 70.1 Å². The van der Waals surface area contributed by atoms with Crippen LogP contribution < -0.4 is 4.90 Å². The van der Waals surface area contributed by atoms with Crippen LogP contribution in [0.2, 0.25) is 0 Å². The van der Waals surface area contributed by atoms with E-state index in [-0.39, 0.29) is 42.2 Å². The largest absolute Gasteiger partial charge is 0.461 e. The Kier molecular flexibility index (Phi) is 8.19. The number of hydrogen-bond acceptors (Lipinski definition) is 6. The molecule has 37 heavy (non-hydrogen) atoms. The summed E-state index contributed by atoms with van der Waals surface area (Å²) in [5, 5.41) is 9.32. The van der Waals surface area contributed by atoms with Gasteiger partial charge in [0.1, 0.15) is 12.6 Å². The highest BCUT2D eigenvalue weighted by Crippen LogP contribution is 2.68. The number of benzene rings is 1. The van der Waals surface area contributed by atoms with Gasteiger partial charge in [0.2, 0.25) is 5.91 Å². The summed E-state index contributed by atoms with van der Waals surface area (Å²) < 4.78 is 4.73. The van der Waals surface area contributed by atoms with Crippen molar-refractivity contribution in [3.8, 4) is 0 Å². The third kappa shape index (κ3) is 4.52. The number of thioether (sulfide) groups is 1. The summed E-state index contributed by atoms with van der Waals surface area (Å²) in [5.74, 6) is -1.81. The Morgan fingerprint density at radius 1 is 1.27 bits per heavy atom. The van der Waals surface area contributed by atoms with Crippen LogP contribution in [0.4, 0.5) is 5.69 Å². The number of carbonyl (C=O) groups excluding carboxylic acids is 3. The van der Waals surface area contributed by atoms with Crippen molar-refractivity contribution in [2.75, 3.05) is 31.2 Å². The van der Waals surface area contributed by atoms with Crippen molar-refractivity contribution >= 4 is 35.2 Å². The molecule has 3 unspecified atom stereocenters. The number of ether oxygens (including phenoxy) is 1. The van der Waals surface area contributed by atoms with E-state index >= 15 is 0 Å². The smallest absolute Gasteiger partial charge is 0.311 e. The number of aliphatic hydroxyl groups is 1. The van der Waals surface area contributed by atoms with Crippen molar-refractivity contribution in [1.29, 1.82) is 0 Å². The molecule has 1 aromatic carbocycles. The first-order chi connectivity index (χ1) is 17.7. The molecule has 0 aliphatic carbocycles. The van der Waals surface area contributed by atoms with Gasteiger partial charge in [0.05, 0.1) is 16.6 Å². The highest BCUT2D eigenvalue weighted by atomic mass is 32.2. The minimum Gasteiger partial charge on any atom is -0.461 e. The van der Waals surface area contributed by atoms with Crippen LogP contribution in [0.1, 0.15) is 37.3 Å². The maximum absolute atomic E-state index is 14.6. The van der Waals surface area contributed by atoms with E-state index in [2.05, 4.69) is 20.1 Å². The second-order valence-corrected chi connectivity index (χ2v) is 12.0. The zero-order valence-corrected chi connectivity index (χ0v) is 22.8. The Balaban J connectivity index is 1.80. The lowest BCUT2D eigenvalue weighted by atomic mass is 9.66. The molecule has 3 heterocycles. The van der Waals surface area contributed by atoms with E-state index in [4.69, 9.17) is 4.74 Å². The van der Waals surface area contributed by atoms with Crippen LogP contribution >= 0.6 is 11.8 Å². The molecule has 2 bridgehead atoms. The molecule has 3 saturated heterocycles. The summed E-state index contributed by atoms with van der Waals surface area (Å²) in [4.78, 5) is 45.3. The van der Waals surface area contributed by atoms with Crippen molar-refractivity contribution in [3.63, 3.8) is 0 Å². The zero-order valence-electron chi connectivity index (χ0n) is 22.0. The molecule has 1 aromatic rings. The van der Waals surface area contributed by atoms with Gasteiger partial charge in [-0.2, -0.15) is 0 Å². The van der Waals surface area contributed by atoms with Gasteiger partial charge in [0.15, 0.2) is 0 Å². The van der Waals surface area contributed by atoms with Gasteiger partial charge in [-0.1, -0.05) is 37.8 Å². The van der Waals surface area contributed by atoms with Gasteiger partial charge in [-0.25, -0.2) is 0 Å². The zero-order chi connectivity index (χ0) is 26.9. The number of nitrogens with zero attached hydrogens (tertiary/aromatic N) is 2. The number of fused-ring (bicyclic) bond motifs is 1. The fourth-order valence-electron chi connectivity index (χ4n) is 6.53. The molecule has 7 nitrogen and oxygen atoms in total. The second kappa shape index (κ2) is 11.0. The number of anilines is 1. The average molecular weight is 527 g/mol. The topological polar surface area (TPSA) is 87.1 Å². The second-order valence-electron chi connectivity index (χ2n) is 10.5. The number of rotatable bonds is 11. The number of hydrogen-bond donors (Lipinski definition) is 1. The lowest BCUT2D eigenvalue weighted by molar-refractivity contribution is -0.153. The maximum Gasteiger partial charge on any atom is 0.311 e. The van der Waals surface area contributed by atoms with Gasteiger partial charge in [-0.05, 0) is 56.2 Å². The summed E-state index contributed by atoms with van der Waals surface area (Å²) in [7, 11) is 0. The van der Waals surface area contributed by atoms with Crippen LogP contribution in [0, 0.1) is 31.6 Å². The summed E-state index contributed by atoms with van der Waals surface area (Å²) in [6, 6.07) is 5.29. The van der Waals surface area contributed by atoms with Gasteiger partial charge < -0.3 is 19.6 Å². The third-order valence-electron chi connectivity index (χ3n) is 8.14. The number of esters is 1. The number of unbranched alkanes of at least 4 members (excludes halogenated alkanes) is 1. The molecule has 3 fully saturated rings. The molecule has 3 aliphatic rings. The van der Waals surface area contributed by atoms with E-state index in [9.17, 15) is 19.5 Å². The number of aliphatic hydroxyl groups excluding tert-OH is 1. The predicted molar refractivity (Wildman–Crippen MR) is 146 cm³/mol. The van der Waals surface area contributed by atoms with Gasteiger partial charge in [-0.3, -0.25) is 14.4 Å². The molecule has 1 N–H and O–H groups in total. The highest BCUT2D eigenvalue weighted by molar-refractivity contribution is 8.02. The van der Waals surface area contributed by atoms with Gasteiger partial charge in [0.25, 0.3) is 5.91 Å². The van der Waals surface area contributed by atoms with Crippen molar-refractivity contribution < 1.29 is 24.2 Å². The minimum absolute atomic E-state index is 0.0179. The maximum atomic E-state index is 14.6. The molecule has 6 atom stereocenters. The Labute approximate surface area is 223 Å². The monoisotopic (exact) mass is 526 g/mol. The van der Waals surface area contributed by atoms with E-state index in [1.54, 1.807) is 27.6 Å². The molecule has 200 valence electrons. The lowest BCUT2D eigenvalue weighted by Gasteiger charge is -2.40. The van der Waals surface area contributed by atoms with Gasteiger partial charge in [0, 0.05) is 30.6 Å². The van der Waals surface area contributed by atoms with Crippen molar-refractivity contribution in [2.24, 2.45) is 17.8 Å². The van der Waals surface area contributed by atoms with Gasteiger partial charge in [-0.15, -0.1) is 18.3 Å². The fourth-order valence-corrected chi connectivity index (χ4v) is 8.94. The molecular weight excluding hydrogens is 488 g/mol. The van der Waals surface area contributed by atoms with E-state index in [1.807, 2.05) is 32.0 Å². The normalized spacial score (nSPS) is 29.8. The Bertz CT molecular complexity index is 1090. The number of aryl methyl sites for hydroxylation is 2. The molecule has 0 aromatic heterocycles. The molecule has 3 aliphatic heterocycles. The Hall–Kier alpha value is -2.58. The Morgan fingerprint density at radius 2 is 2.03 bits per heavy atom. The van der Waals surface area contributed by atoms with Gasteiger partial charge >= 0.3 is 5.97 Å². The van der Waals surface area contributed by atoms with Crippen LogP contribution in [-0.2, 0) is 19.1 Å². The van der Waals surface area contributed by atoms with Crippen LogP contribution in [0.25, 0.3) is 0 Å². The standard InChI is InChI=1S/C29H38N2O5S/c1-6-12-30(21-16-18(3)10-11-19(21)4)27(34)25-29-20(5)17-22(37-29)23(28(35)36-15-7-2)24(29)26(33)31(25)13-8-9-14-32/h6-7,10-11,16,20,22-25,32H,1-2,8-9,12-15,17H2,3-5H3/t20?,22-,23+,24+,25?,29?/m1/s1. The molecule has 2 amide bonds. The predicted octanol–water partition coefficient (Wildman–Crippen LogP) is 3.66. The number of likely N-dealkylation sites (tertiary alicyclic amines) is 1. The first kappa shape index (κ1) is 27.5. The fraction of sp³-hybridized carbons (Fsp3) is 0.552. The molecule has 4 rings (SSSR count). The average Bonchev–Trinajstić information content (AvgIpc) is 3.46. The van der Waals surface area contributed by atoms with Crippen molar-refractivity contribution in [1.82, 2.24) is 4.90 Å². The van der Waals surface area contributed by atoms with E-state index in [0.29, 0.717) is 25.9 Å². The Morgan fingerprint density at radius 3 is 2.70 bits per heavy atom. The summed E-state index contributed by atoms with van der Waals surface area (Å²) >= 11 is 1.64. The third-order valence-corrected chi connectivity index (χ3v) is 10.2. The molecule has 8 heteroatoms. The first-order valence-corrected chi connectivity index (χ1v) is 14.0. The minimum atomic E-state index is -0.717. The molecular formula is C29H38N2O5S. The first-order valence-electron chi connectivity index (χ1n) is 13.1. The van der Waals surface area contributed by atoms with Crippen molar-refractivity contribution in [3.05, 3.63) is 54.6 Å². The van der Waals surface area contributed by atoms with E-state index in [1.165, 1.54) is 6.08 Å². The number of carbonyl (C=O) groups is 3. The van der Waals surface area contributed by atoms with Crippen LogP contribution in [0.5, 0.6) is 0 Å². The van der Waals surface area contributed by atoms with Crippen molar-refractivity contribution in [2.45, 2.75) is 56.1 Å². The van der Waals surface area contributed by atoms with E-state index < -0.39 is 22.6 Å². The summed E-state index contributed by atoms with van der Waals surface area (Å²) in [6.45, 7) is 14.4. The molecule has 0 saturated carbocycles. The van der Waals surface area contributed by atoms with E-state index in [0.717, 1.165) is 23.2 Å². The highest BCUT2D eigenvalue weighted by Gasteiger charge is 2.76. The summed E-state index contributed by atoms with van der Waals surface area (Å²) in [5.41, 5.74) is 2.81. The lowest BCUT2D eigenvalue weighted by Crippen LogP contribution is -2.57. The SMILES string of the molecule is C=CCOC(=O)[C@@H]1[C@H]2C(=O)N(CCCCO)C(C(=O)N(CC=C)c3cc(C)ccc3C)C23S[C@@H]1CC3C. The quantitative estimate of drug-likeness (QED) is 0.269. The van der Waals surface area contributed by atoms with Crippen LogP contribution in [0.15, 0.2) is 43.5 Å².